The fourth-order valence-corrected chi connectivity index (χ4v) is 3.28. The number of thioether (sulfide) groups is 1. The molecule has 3 nitrogen and oxygen atoms in total. The minimum atomic E-state index is 0.707. The lowest BCUT2D eigenvalue weighted by Crippen LogP contribution is -2.11. The number of nitrogens with zero attached hydrogens (tertiary/aromatic N) is 2. The van der Waals surface area contributed by atoms with E-state index in [0.717, 1.165) is 31.6 Å². The Kier molecular flexibility index (Phi) is 6.88. The molecule has 1 heterocycles. The molecule has 1 N–H and O–H groups in total. The summed E-state index contributed by atoms with van der Waals surface area (Å²) >= 11 is 1.92. The predicted molar refractivity (Wildman–Crippen MR) is 90.9 cm³/mol. The van der Waals surface area contributed by atoms with E-state index in [9.17, 15) is 5.26 Å². The second kappa shape index (κ2) is 8.94. The third kappa shape index (κ3) is 4.93. The minimum absolute atomic E-state index is 0.707. The number of fused-ring (bicyclic) bond motifs is 1. The maximum Gasteiger partial charge on any atom is 0.144 e. The van der Waals surface area contributed by atoms with E-state index in [0.29, 0.717) is 5.56 Å². The Morgan fingerprint density at radius 1 is 1.24 bits per heavy atom. The van der Waals surface area contributed by atoms with Gasteiger partial charge in [-0.3, -0.25) is 0 Å². The van der Waals surface area contributed by atoms with Crippen LogP contribution >= 0.6 is 11.8 Å². The zero-order valence-corrected chi connectivity index (χ0v) is 13.8. The topological polar surface area (TPSA) is 48.7 Å². The molecule has 0 aromatic carbocycles. The molecular formula is C17H25N3S. The number of pyridine rings is 1. The van der Waals surface area contributed by atoms with Crippen molar-refractivity contribution in [2.45, 2.75) is 51.4 Å². The zero-order valence-electron chi connectivity index (χ0n) is 13.0. The molecule has 0 saturated carbocycles. The summed E-state index contributed by atoms with van der Waals surface area (Å²) in [4.78, 5) is 4.69. The van der Waals surface area contributed by atoms with Crippen molar-refractivity contribution in [2.75, 3.05) is 23.9 Å². The first-order chi connectivity index (χ1) is 10.3. The van der Waals surface area contributed by atoms with E-state index in [4.69, 9.17) is 4.98 Å². The molecule has 114 valence electrons. The SMILES string of the molecule is CSCCCCCCNc1nc2c(cc1C#N)CCCC2. The van der Waals surface area contributed by atoms with Gasteiger partial charge in [-0.05, 0) is 62.2 Å². The third-order valence-corrected chi connectivity index (χ3v) is 4.69. The minimum Gasteiger partial charge on any atom is -0.369 e. The van der Waals surface area contributed by atoms with Gasteiger partial charge in [0.25, 0.3) is 0 Å². The highest BCUT2D eigenvalue weighted by atomic mass is 32.2. The lowest BCUT2D eigenvalue weighted by molar-refractivity contribution is 0.665. The fourth-order valence-electron chi connectivity index (χ4n) is 2.79. The lowest BCUT2D eigenvalue weighted by Gasteiger charge is -2.17. The van der Waals surface area contributed by atoms with E-state index in [-0.39, 0.29) is 0 Å². The van der Waals surface area contributed by atoms with E-state index in [1.54, 1.807) is 0 Å². The summed E-state index contributed by atoms with van der Waals surface area (Å²) in [6.07, 6.45) is 11.7. The van der Waals surface area contributed by atoms with Gasteiger partial charge in [0, 0.05) is 12.2 Å². The van der Waals surface area contributed by atoms with Crippen molar-refractivity contribution in [3.8, 4) is 6.07 Å². The van der Waals surface area contributed by atoms with Gasteiger partial charge in [0.1, 0.15) is 11.9 Å². The van der Waals surface area contributed by atoms with Crippen LogP contribution in [0.1, 0.15) is 55.3 Å². The van der Waals surface area contributed by atoms with Gasteiger partial charge in [-0.15, -0.1) is 0 Å². The van der Waals surface area contributed by atoms with E-state index < -0.39 is 0 Å². The molecule has 21 heavy (non-hydrogen) atoms. The monoisotopic (exact) mass is 303 g/mol. The van der Waals surface area contributed by atoms with E-state index in [2.05, 4.69) is 17.6 Å². The molecule has 1 aliphatic rings. The Morgan fingerprint density at radius 3 is 2.86 bits per heavy atom. The van der Waals surface area contributed by atoms with Crippen molar-refractivity contribution in [1.29, 1.82) is 5.26 Å². The Morgan fingerprint density at radius 2 is 2.05 bits per heavy atom. The summed E-state index contributed by atoms with van der Waals surface area (Å²) in [5, 5.41) is 12.7. The molecule has 0 atom stereocenters. The number of nitrogens with one attached hydrogen (secondary N) is 1. The zero-order chi connectivity index (χ0) is 14.9. The Bertz CT molecular complexity index is 494. The normalized spacial score (nSPS) is 13.5. The molecular weight excluding hydrogens is 278 g/mol. The maximum absolute atomic E-state index is 9.29. The standard InChI is InChI=1S/C17H25N3S/c1-21-11-7-3-2-6-10-19-17-15(13-18)12-14-8-4-5-9-16(14)20-17/h12H,2-11H2,1H3,(H,19,20). The number of aromatic nitrogens is 1. The van der Waals surface area contributed by atoms with Crippen molar-refractivity contribution < 1.29 is 0 Å². The molecule has 0 unspecified atom stereocenters. The van der Waals surface area contributed by atoms with Crippen LogP contribution in [0.15, 0.2) is 6.07 Å². The average Bonchev–Trinajstić information content (AvgIpc) is 2.53. The lowest BCUT2D eigenvalue weighted by atomic mass is 9.95. The highest BCUT2D eigenvalue weighted by Crippen LogP contribution is 2.24. The van der Waals surface area contributed by atoms with Crippen molar-refractivity contribution in [3.05, 3.63) is 22.9 Å². The van der Waals surface area contributed by atoms with Crippen LogP contribution in [0, 0.1) is 11.3 Å². The number of nitriles is 1. The first kappa shape index (κ1) is 16.2. The summed E-state index contributed by atoms with van der Waals surface area (Å²) in [5.74, 6) is 2.06. The molecule has 1 aromatic heterocycles. The smallest absolute Gasteiger partial charge is 0.144 e. The van der Waals surface area contributed by atoms with Crippen LogP contribution in [0.5, 0.6) is 0 Å². The van der Waals surface area contributed by atoms with Crippen molar-refractivity contribution in [2.24, 2.45) is 0 Å². The Balaban J connectivity index is 1.83. The van der Waals surface area contributed by atoms with Gasteiger partial charge in [0.2, 0.25) is 0 Å². The summed E-state index contributed by atoms with van der Waals surface area (Å²) in [7, 11) is 0. The highest BCUT2D eigenvalue weighted by Gasteiger charge is 2.14. The maximum atomic E-state index is 9.29. The van der Waals surface area contributed by atoms with Gasteiger partial charge in [0.05, 0.1) is 5.56 Å². The Hall–Kier alpha value is -1.21. The molecule has 0 amide bonds. The average molecular weight is 303 g/mol. The number of aryl methyl sites for hydroxylation is 2. The molecule has 0 spiro atoms. The van der Waals surface area contributed by atoms with Crippen LogP contribution in [0.3, 0.4) is 0 Å². The third-order valence-electron chi connectivity index (χ3n) is 3.99. The molecule has 0 saturated heterocycles. The highest BCUT2D eigenvalue weighted by molar-refractivity contribution is 7.98. The van der Waals surface area contributed by atoms with Gasteiger partial charge < -0.3 is 5.32 Å². The second-order valence-electron chi connectivity index (χ2n) is 5.64. The molecule has 1 aliphatic carbocycles. The second-order valence-corrected chi connectivity index (χ2v) is 6.63. The summed E-state index contributed by atoms with van der Waals surface area (Å²) in [5.41, 5.74) is 3.18. The van der Waals surface area contributed by atoms with Gasteiger partial charge in [-0.25, -0.2) is 4.98 Å². The number of rotatable bonds is 8. The Labute approximate surface area is 132 Å². The number of hydrogen-bond acceptors (Lipinski definition) is 4. The predicted octanol–water partition coefficient (Wildman–Crippen LogP) is 4.17. The molecule has 4 heteroatoms. The van der Waals surface area contributed by atoms with Crippen molar-refractivity contribution in [1.82, 2.24) is 4.98 Å². The van der Waals surface area contributed by atoms with Gasteiger partial charge in [-0.2, -0.15) is 17.0 Å². The largest absolute Gasteiger partial charge is 0.369 e. The van der Waals surface area contributed by atoms with Crippen LogP contribution in [-0.2, 0) is 12.8 Å². The molecule has 0 bridgehead atoms. The summed E-state index contributed by atoms with van der Waals surface area (Å²) < 4.78 is 0. The summed E-state index contributed by atoms with van der Waals surface area (Å²) in [6.45, 7) is 0.916. The van der Waals surface area contributed by atoms with E-state index in [1.807, 2.05) is 17.8 Å². The van der Waals surface area contributed by atoms with Gasteiger partial charge in [-0.1, -0.05) is 12.8 Å². The van der Waals surface area contributed by atoms with Crippen LogP contribution in [0.2, 0.25) is 0 Å². The van der Waals surface area contributed by atoms with Crippen molar-refractivity contribution >= 4 is 17.6 Å². The first-order valence-electron chi connectivity index (χ1n) is 8.01. The number of anilines is 1. The molecule has 0 fully saturated rings. The van der Waals surface area contributed by atoms with Crippen molar-refractivity contribution in [3.63, 3.8) is 0 Å². The van der Waals surface area contributed by atoms with Crippen LogP contribution < -0.4 is 5.32 Å². The van der Waals surface area contributed by atoms with Gasteiger partial charge in [0.15, 0.2) is 0 Å². The van der Waals surface area contributed by atoms with Gasteiger partial charge >= 0.3 is 0 Å². The first-order valence-corrected chi connectivity index (χ1v) is 9.40. The van der Waals surface area contributed by atoms with E-state index in [1.165, 1.54) is 49.1 Å². The molecule has 2 rings (SSSR count). The fraction of sp³-hybridized carbons (Fsp3) is 0.647. The van der Waals surface area contributed by atoms with E-state index >= 15 is 0 Å². The quantitative estimate of drug-likeness (QED) is 0.732. The molecule has 1 aromatic rings. The number of hydrogen-bond donors (Lipinski definition) is 1. The number of unbranched alkanes of at least 4 members (excludes halogenated alkanes) is 3. The van der Waals surface area contributed by atoms with Crippen LogP contribution in [0.25, 0.3) is 0 Å². The van der Waals surface area contributed by atoms with Crippen LogP contribution in [-0.4, -0.2) is 23.5 Å². The molecule has 0 aliphatic heterocycles. The summed E-state index contributed by atoms with van der Waals surface area (Å²) in [6, 6.07) is 4.33. The molecule has 0 radical (unpaired) electrons. The van der Waals surface area contributed by atoms with Crippen LogP contribution in [0.4, 0.5) is 5.82 Å².